The first-order valence-corrected chi connectivity index (χ1v) is 6.71. The number of nitrogens with zero attached hydrogens (tertiary/aromatic N) is 2. The summed E-state index contributed by atoms with van der Waals surface area (Å²) in [5.41, 5.74) is 2.34. The molecular formula is C14H17N4O2+. The molecule has 2 aromatic rings. The molecule has 0 aromatic carbocycles. The molecule has 2 aromatic heterocycles. The van der Waals surface area contributed by atoms with E-state index < -0.39 is 0 Å². The van der Waals surface area contributed by atoms with E-state index in [0.717, 1.165) is 22.7 Å². The maximum Gasteiger partial charge on any atom is 0.275 e. The summed E-state index contributed by atoms with van der Waals surface area (Å²) in [5.74, 6) is 0.0550. The molecule has 20 heavy (non-hydrogen) atoms. The minimum absolute atomic E-state index is 0.0550. The highest BCUT2D eigenvalue weighted by atomic mass is 16.2. The summed E-state index contributed by atoms with van der Waals surface area (Å²) in [7, 11) is 0. The number of carbonyl (C=O) groups is 1. The van der Waals surface area contributed by atoms with Gasteiger partial charge in [-0.05, 0) is 18.6 Å². The number of piperazine rings is 1. The van der Waals surface area contributed by atoms with Crippen molar-refractivity contribution in [3.63, 3.8) is 0 Å². The van der Waals surface area contributed by atoms with Gasteiger partial charge in [0.05, 0.1) is 13.1 Å². The molecule has 0 bridgehead atoms. The Morgan fingerprint density at radius 2 is 2.25 bits per heavy atom. The molecule has 1 saturated heterocycles. The van der Waals surface area contributed by atoms with E-state index in [1.54, 1.807) is 16.7 Å². The van der Waals surface area contributed by atoms with Gasteiger partial charge in [-0.1, -0.05) is 6.07 Å². The van der Waals surface area contributed by atoms with Crippen molar-refractivity contribution in [2.45, 2.75) is 13.5 Å². The lowest BCUT2D eigenvalue weighted by molar-refractivity contribution is -0.907. The van der Waals surface area contributed by atoms with Gasteiger partial charge in [-0.3, -0.25) is 14.0 Å². The maximum atomic E-state index is 12.1. The summed E-state index contributed by atoms with van der Waals surface area (Å²) in [6.07, 6.45) is 1.79. The number of quaternary nitrogens is 1. The minimum Gasteiger partial charge on any atom is -0.346 e. The largest absolute Gasteiger partial charge is 0.346 e. The predicted molar refractivity (Wildman–Crippen MR) is 73.6 cm³/mol. The second kappa shape index (κ2) is 5.05. The molecule has 0 aliphatic carbocycles. The Morgan fingerprint density at radius 3 is 3.05 bits per heavy atom. The van der Waals surface area contributed by atoms with Crippen LogP contribution in [0.25, 0.3) is 5.65 Å². The fourth-order valence-corrected chi connectivity index (χ4v) is 2.51. The number of amides is 1. The average Bonchev–Trinajstić information content (AvgIpc) is 2.40. The average molecular weight is 273 g/mol. The molecule has 1 aliphatic rings. The van der Waals surface area contributed by atoms with Gasteiger partial charge in [0, 0.05) is 12.3 Å². The smallest absolute Gasteiger partial charge is 0.275 e. The molecule has 1 aliphatic heterocycles. The molecule has 1 amide bonds. The third-order valence-electron chi connectivity index (χ3n) is 3.50. The van der Waals surface area contributed by atoms with Crippen LogP contribution in [0.1, 0.15) is 11.3 Å². The zero-order chi connectivity index (χ0) is 14.1. The molecule has 0 radical (unpaired) electrons. The molecule has 6 nitrogen and oxygen atoms in total. The minimum atomic E-state index is -0.0745. The number of hydrogen-bond acceptors (Lipinski definition) is 3. The van der Waals surface area contributed by atoms with Crippen molar-refractivity contribution in [3.8, 4) is 0 Å². The Bertz CT molecular complexity index is 723. The van der Waals surface area contributed by atoms with Gasteiger partial charge >= 0.3 is 0 Å². The zero-order valence-electron chi connectivity index (χ0n) is 11.3. The number of fused-ring (bicyclic) bond motifs is 1. The maximum absolute atomic E-state index is 12.1. The van der Waals surface area contributed by atoms with E-state index in [1.807, 2.05) is 19.1 Å². The number of aryl methyl sites for hydroxylation is 1. The molecular weight excluding hydrogens is 256 g/mol. The molecule has 0 saturated carbocycles. The normalized spacial score (nSPS) is 19.1. The summed E-state index contributed by atoms with van der Waals surface area (Å²) in [6, 6.07) is 5.34. The first-order chi connectivity index (χ1) is 9.61. The highest BCUT2D eigenvalue weighted by Crippen LogP contribution is 2.01. The Kier molecular flexibility index (Phi) is 3.23. The van der Waals surface area contributed by atoms with E-state index in [2.05, 4.69) is 10.3 Å². The first-order valence-electron chi connectivity index (χ1n) is 6.71. The molecule has 0 spiro atoms. The van der Waals surface area contributed by atoms with E-state index in [-0.39, 0.29) is 11.5 Å². The van der Waals surface area contributed by atoms with Crippen LogP contribution in [-0.2, 0) is 11.3 Å². The van der Waals surface area contributed by atoms with Crippen LogP contribution >= 0.6 is 0 Å². The van der Waals surface area contributed by atoms with Gasteiger partial charge in [-0.2, -0.15) is 0 Å². The van der Waals surface area contributed by atoms with Crippen LogP contribution < -0.4 is 15.8 Å². The summed E-state index contributed by atoms with van der Waals surface area (Å²) < 4.78 is 1.55. The van der Waals surface area contributed by atoms with Crippen molar-refractivity contribution in [3.05, 3.63) is 46.0 Å². The van der Waals surface area contributed by atoms with E-state index in [1.165, 1.54) is 0 Å². The second-order valence-electron chi connectivity index (χ2n) is 5.22. The summed E-state index contributed by atoms with van der Waals surface area (Å²) >= 11 is 0. The fraction of sp³-hybridized carbons (Fsp3) is 0.357. The molecule has 1 fully saturated rings. The standard InChI is InChI=1S/C14H16N4O2/c1-10-2-3-12-16-11(6-14(20)18(12)7-10)8-17-5-4-15-13(19)9-17/h2-3,6-7H,4-5,8-9H2,1H3,(H,15,19)/p+1. The van der Waals surface area contributed by atoms with Crippen molar-refractivity contribution in [1.29, 1.82) is 0 Å². The van der Waals surface area contributed by atoms with E-state index in [0.29, 0.717) is 25.3 Å². The predicted octanol–water partition coefficient (Wildman–Crippen LogP) is -1.48. The van der Waals surface area contributed by atoms with Gasteiger partial charge in [-0.15, -0.1) is 0 Å². The molecule has 3 rings (SSSR count). The number of aromatic nitrogens is 2. The molecule has 1 atom stereocenters. The van der Waals surface area contributed by atoms with Gasteiger partial charge in [0.25, 0.3) is 11.5 Å². The Morgan fingerprint density at radius 1 is 1.40 bits per heavy atom. The van der Waals surface area contributed by atoms with Crippen LogP contribution in [0.3, 0.4) is 0 Å². The highest BCUT2D eigenvalue weighted by molar-refractivity contribution is 5.77. The van der Waals surface area contributed by atoms with Crippen molar-refractivity contribution < 1.29 is 9.69 Å². The SMILES string of the molecule is Cc1ccc2nc(C[NH+]3CCNC(=O)C3)cc(=O)n2c1. The summed E-state index contributed by atoms with van der Waals surface area (Å²) in [4.78, 5) is 29.1. The highest BCUT2D eigenvalue weighted by Gasteiger charge is 2.20. The van der Waals surface area contributed by atoms with Gasteiger partial charge in [-0.25, -0.2) is 4.98 Å². The number of rotatable bonds is 2. The molecule has 6 heteroatoms. The van der Waals surface area contributed by atoms with Crippen molar-refractivity contribution >= 4 is 11.6 Å². The number of pyridine rings is 1. The quantitative estimate of drug-likeness (QED) is 0.701. The van der Waals surface area contributed by atoms with Crippen LogP contribution in [0.15, 0.2) is 29.2 Å². The van der Waals surface area contributed by atoms with Gasteiger partial charge in [0.2, 0.25) is 0 Å². The Labute approximate surface area is 116 Å². The third kappa shape index (κ3) is 2.55. The lowest BCUT2D eigenvalue weighted by atomic mass is 10.3. The van der Waals surface area contributed by atoms with Crippen LogP contribution in [0.5, 0.6) is 0 Å². The van der Waals surface area contributed by atoms with Crippen LogP contribution in [0.4, 0.5) is 0 Å². The van der Waals surface area contributed by atoms with Gasteiger partial charge < -0.3 is 10.2 Å². The van der Waals surface area contributed by atoms with Crippen LogP contribution in [0, 0.1) is 6.92 Å². The van der Waals surface area contributed by atoms with Crippen molar-refractivity contribution in [1.82, 2.24) is 14.7 Å². The number of hydrogen-bond donors (Lipinski definition) is 2. The Balaban J connectivity index is 1.91. The lowest BCUT2D eigenvalue weighted by Crippen LogP contribution is -3.14. The molecule has 104 valence electrons. The monoisotopic (exact) mass is 273 g/mol. The summed E-state index contributed by atoms with van der Waals surface area (Å²) in [5, 5.41) is 2.80. The van der Waals surface area contributed by atoms with E-state index in [9.17, 15) is 9.59 Å². The summed E-state index contributed by atoms with van der Waals surface area (Å²) in [6.45, 7) is 4.53. The lowest BCUT2D eigenvalue weighted by Gasteiger charge is -2.23. The van der Waals surface area contributed by atoms with Crippen LogP contribution in [0.2, 0.25) is 0 Å². The van der Waals surface area contributed by atoms with Gasteiger partial charge in [0.15, 0.2) is 6.54 Å². The van der Waals surface area contributed by atoms with Gasteiger partial charge in [0.1, 0.15) is 17.9 Å². The van der Waals surface area contributed by atoms with Crippen LogP contribution in [-0.4, -0.2) is 34.9 Å². The second-order valence-corrected chi connectivity index (χ2v) is 5.22. The third-order valence-corrected chi connectivity index (χ3v) is 3.50. The Hall–Kier alpha value is -2.21. The molecule has 2 N–H and O–H groups in total. The molecule has 3 heterocycles. The first kappa shape index (κ1) is 12.8. The van der Waals surface area contributed by atoms with E-state index in [4.69, 9.17) is 0 Å². The fourth-order valence-electron chi connectivity index (χ4n) is 2.51. The number of nitrogens with one attached hydrogen (secondary N) is 2. The zero-order valence-corrected chi connectivity index (χ0v) is 11.3. The van der Waals surface area contributed by atoms with E-state index >= 15 is 0 Å². The molecule has 1 unspecified atom stereocenters. The van der Waals surface area contributed by atoms with Crippen molar-refractivity contribution in [2.75, 3.05) is 19.6 Å². The number of carbonyl (C=O) groups excluding carboxylic acids is 1. The topological polar surface area (TPSA) is 67.9 Å². The van der Waals surface area contributed by atoms with Crippen molar-refractivity contribution in [2.24, 2.45) is 0 Å².